The highest BCUT2D eigenvalue weighted by atomic mass is 127. The van der Waals surface area contributed by atoms with Gasteiger partial charge >= 0.3 is 0 Å². The van der Waals surface area contributed by atoms with E-state index in [1.165, 1.54) is 14.0 Å². The molecule has 88 valence electrons. The van der Waals surface area contributed by atoms with Crippen LogP contribution in [0.25, 0.3) is 0 Å². The van der Waals surface area contributed by atoms with Crippen molar-refractivity contribution in [1.29, 1.82) is 0 Å². The molecule has 0 unspecified atom stereocenters. The Balaban J connectivity index is 2.04. The van der Waals surface area contributed by atoms with E-state index in [1.54, 1.807) is 0 Å². The van der Waals surface area contributed by atoms with Gasteiger partial charge in [0.15, 0.2) is 0 Å². The highest BCUT2D eigenvalue weighted by Gasteiger charge is 2.01. The van der Waals surface area contributed by atoms with Gasteiger partial charge in [-0.05, 0) is 74.4 Å². The second-order valence-electron chi connectivity index (χ2n) is 3.61. The largest absolute Gasteiger partial charge is 0.399 e. The zero-order valence-corrected chi connectivity index (χ0v) is 13.6. The molecule has 0 heterocycles. The van der Waals surface area contributed by atoms with Crippen LogP contribution in [-0.2, 0) is 5.75 Å². The van der Waals surface area contributed by atoms with Crippen LogP contribution in [-0.4, -0.2) is 0 Å². The Hall–Kier alpha value is -0.200. The molecule has 0 radical (unpaired) electrons. The van der Waals surface area contributed by atoms with E-state index >= 15 is 0 Å². The number of hydrogen-bond acceptors (Lipinski definition) is 2. The fourth-order valence-corrected chi connectivity index (χ4v) is 3.35. The van der Waals surface area contributed by atoms with Crippen molar-refractivity contribution in [1.82, 2.24) is 0 Å². The first-order valence-corrected chi connectivity index (χ1v) is 7.93. The van der Waals surface area contributed by atoms with Gasteiger partial charge < -0.3 is 5.73 Å². The molecule has 4 heteroatoms. The molecular formula is C13H11BrINS. The van der Waals surface area contributed by atoms with E-state index in [-0.39, 0.29) is 0 Å². The summed E-state index contributed by atoms with van der Waals surface area (Å²) in [5.74, 6) is 0.972. The maximum absolute atomic E-state index is 5.71. The minimum atomic E-state index is 0.787. The van der Waals surface area contributed by atoms with E-state index in [0.717, 1.165) is 15.9 Å². The molecule has 0 spiro atoms. The molecule has 2 N–H and O–H groups in total. The van der Waals surface area contributed by atoms with Crippen LogP contribution in [0.5, 0.6) is 0 Å². The summed E-state index contributed by atoms with van der Waals surface area (Å²) in [4.78, 5) is 1.22. The average molecular weight is 420 g/mol. The van der Waals surface area contributed by atoms with E-state index in [4.69, 9.17) is 5.73 Å². The Kier molecular flexibility index (Phi) is 4.76. The number of halogens is 2. The van der Waals surface area contributed by atoms with E-state index in [2.05, 4.69) is 68.9 Å². The Morgan fingerprint density at radius 2 is 1.82 bits per heavy atom. The van der Waals surface area contributed by atoms with Gasteiger partial charge in [0.25, 0.3) is 0 Å². The SMILES string of the molecule is Nc1ccc(SCc2ccc(I)cc2)c(Br)c1. The molecule has 0 saturated heterocycles. The lowest BCUT2D eigenvalue weighted by Crippen LogP contribution is -1.86. The van der Waals surface area contributed by atoms with Gasteiger partial charge in [-0.3, -0.25) is 0 Å². The molecule has 0 aliphatic carbocycles. The Morgan fingerprint density at radius 1 is 1.12 bits per heavy atom. The number of nitrogens with two attached hydrogens (primary N) is 1. The van der Waals surface area contributed by atoms with Crippen molar-refractivity contribution >= 4 is 56.0 Å². The molecular weight excluding hydrogens is 409 g/mol. The van der Waals surface area contributed by atoms with E-state index in [0.29, 0.717) is 0 Å². The second-order valence-corrected chi connectivity index (χ2v) is 6.72. The second kappa shape index (κ2) is 6.11. The first-order chi connectivity index (χ1) is 8.15. The fourth-order valence-electron chi connectivity index (χ4n) is 1.38. The van der Waals surface area contributed by atoms with Gasteiger partial charge in [-0.15, -0.1) is 11.8 Å². The number of hydrogen-bond donors (Lipinski definition) is 1. The number of benzene rings is 2. The monoisotopic (exact) mass is 419 g/mol. The van der Waals surface area contributed by atoms with Crippen molar-refractivity contribution in [3.05, 3.63) is 56.1 Å². The summed E-state index contributed by atoms with van der Waals surface area (Å²) < 4.78 is 2.33. The molecule has 2 aromatic carbocycles. The first-order valence-electron chi connectivity index (χ1n) is 5.07. The van der Waals surface area contributed by atoms with Crippen LogP contribution < -0.4 is 5.73 Å². The van der Waals surface area contributed by atoms with Crippen molar-refractivity contribution < 1.29 is 0 Å². The normalized spacial score (nSPS) is 10.5. The highest BCUT2D eigenvalue weighted by Crippen LogP contribution is 2.31. The molecule has 0 bridgehead atoms. The number of rotatable bonds is 3. The molecule has 0 atom stereocenters. The summed E-state index contributed by atoms with van der Waals surface area (Å²) in [7, 11) is 0. The van der Waals surface area contributed by atoms with Gasteiger partial charge in [0.1, 0.15) is 0 Å². The Bertz CT molecular complexity index is 513. The zero-order valence-electron chi connectivity index (χ0n) is 8.99. The third-order valence-corrected chi connectivity index (χ3v) is 5.05. The van der Waals surface area contributed by atoms with E-state index < -0.39 is 0 Å². The minimum Gasteiger partial charge on any atom is -0.399 e. The lowest BCUT2D eigenvalue weighted by molar-refractivity contribution is 1.35. The van der Waals surface area contributed by atoms with Crippen molar-refractivity contribution in [3.8, 4) is 0 Å². The average Bonchev–Trinajstić information content (AvgIpc) is 2.30. The minimum absolute atomic E-state index is 0.787. The molecule has 0 saturated carbocycles. The van der Waals surface area contributed by atoms with E-state index in [1.807, 2.05) is 23.9 Å². The molecule has 2 aromatic rings. The summed E-state index contributed by atoms with van der Waals surface area (Å²) in [6, 6.07) is 14.5. The van der Waals surface area contributed by atoms with Gasteiger partial charge in [0.05, 0.1) is 0 Å². The van der Waals surface area contributed by atoms with Crippen LogP contribution in [0.4, 0.5) is 5.69 Å². The standard InChI is InChI=1S/C13H11BrINS/c14-12-7-11(16)5-6-13(12)17-8-9-1-3-10(15)4-2-9/h1-7H,8,16H2. The van der Waals surface area contributed by atoms with Gasteiger partial charge in [-0.1, -0.05) is 12.1 Å². The molecule has 0 aliphatic heterocycles. The quantitative estimate of drug-likeness (QED) is 0.433. The van der Waals surface area contributed by atoms with Crippen LogP contribution in [0.2, 0.25) is 0 Å². The van der Waals surface area contributed by atoms with E-state index in [9.17, 15) is 0 Å². The third kappa shape index (κ3) is 3.89. The molecule has 0 aliphatic rings. The predicted octanol–water partition coefficient (Wildman–Crippen LogP) is 4.93. The summed E-state index contributed by atoms with van der Waals surface area (Å²) in [6.07, 6.45) is 0. The van der Waals surface area contributed by atoms with Gasteiger partial charge in [0.2, 0.25) is 0 Å². The Morgan fingerprint density at radius 3 is 2.47 bits per heavy atom. The molecule has 17 heavy (non-hydrogen) atoms. The maximum Gasteiger partial charge on any atom is 0.0331 e. The summed E-state index contributed by atoms with van der Waals surface area (Å²) >= 11 is 7.66. The first kappa shape index (κ1) is 13.2. The Labute approximate surface area is 127 Å². The smallest absolute Gasteiger partial charge is 0.0331 e. The van der Waals surface area contributed by atoms with Crippen LogP contribution in [0.1, 0.15) is 5.56 Å². The van der Waals surface area contributed by atoms with Crippen molar-refractivity contribution in [3.63, 3.8) is 0 Å². The van der Waals surface area contributed by atoms with Crippen LogP contribution in [0, 0.1) is 3.57 Å². The zero-order chi connectivity index (χ0) is 12.3. The van der Waals surface area contributed by atoms with Crippen LogP contribution in [0.15, 0.2) is 51.8 Å². The fraction of sp³-hybridized carbons (Fsp3) is 0.0769. The van der Waals surface area contributed by atoms with Gasteiger partial charge in [0, 0.05) is 24.4 Å². The number of anilines is 1. The molecule has 0 fully saturated rings. The van der Waals surface area contributed by atoms with Crippen molar-refractivity contribution in [2.45, 2.75) is 10.6 Å². The summed E-state index contributed by atoms with van der Waals surface area (Å²) in [5, 5.41) is 0. The van der Waals surface area contributed by atoms with Gasteiger partial charge in [-0.2, -0.15) is 0 Å². The highest BCUT2D eigenvalue weighted by molar-refractivity contribution is 14.1. The predicted molar refractivity (Wildman–Crippen MR) is 87.3 cm³/mol. The van der Waals surface area contributed by atoms with Crippen LogP contribution >= 0.6 is 50.3 Å². The van der Waals surface area contributed by atoms with Crippen molar-refractivity contribution in [2.75, 3.05) is 5.73 Å². The number of nitrogen functional groups attached to an aromatic ring is 1. The molecule has 2 rings (SSSR count). The molecule has 0 amide bonds. The third-order valence-electron chi connectivity index (χ3n) is 2.26. The van der Waals surface area contributed by atoms with Gasteiger partial charge in [-0.25, -0.2) is 0 Å². The number of thioether (sulfide) groups is 1. The van der Waals surface area contributed by atoms with Crippen molar-refractivity contribution in [2.24, 2.45) is 0 Å². The van der Waals surface area contributed by atoms with Crippen LogP contribution in [0.3, 0.4) is 0 Å². The summed E-state index contributed by atoms with van der Waals surface area (Å²) in [6.45, 7) is 0. The summed E-state index contributed by atoms with van der Waals surface area (Å²) in [5.41, 5.74) is 7.83. The maximum atomic E-state index is 5.71. The molecule has 0 aromatic heterocycles. The lowest BCUT2D eigenvalue weighted by atomic mass is 10.2. The lowest BCUT2D eigenvalue weighted by Gasteiger charge is -2.05. The topological polar surface area (TPSA) is 26.0 Å². The molecule has 1 nitrogen and oxygen atoms in total.